The summed E-state index contributed by atoms with van der Waals surface area (Å²) >= 11 is 0. The molecule has 1 saturated heterocycles. The third-order valence-electron chi connectivity index (χ3n) is 5.16. The first kappa shape index (κ1) is 12.2. The summed E-state index contributed by atoms with van der Waals surface area (Å²) in [6.07, 6.45) is 10.3. The first-order valence-electron chi connectivity index (χ1n) is 7.29. The van der Waals surface area contributed by atoms with E-state index >= 15 is 0 Å². The Kier molecular flexibility index (Phi) is 3.14. The highest BCUT2D eigenvalue weighted by Crippen LogP contribution is 2.51. The van der Waals surface area contributed by atoms with Crippen molar-refractivity contribution < 1.29 is 9.59 Å². The van der Waals surface area contributed by atoms with Gasteiger partial charge in [0, 0.05) is 12.5 Å². The van der Waals surface area contributed by atoms with Crippen molar-refractivity contribution in [3.05, 3.63) is 0 Å². The molecule has 3 rings (SSSR count). The maximum absolute atomic E-state index is 11.8. The number of carbonyl (C=O) groups excluding carboxylic acids is 2. The highest BCUT2D eigenvalue weighted by Gasteiger charge is 2.48. The number of piperidine rings is 1. The second-order valence-corrected chi connectivity index (χ2v) is 6.18. The molecule has 18 heavy (non-hydrogen) atoms. The van der Waals surface area contributed by atoms with Crippen LogP contribution >= 0.6 is 0 Å². The molecule has 4 nitrogen and oxygen atoms in total. The Morgan fingerprint density at radius 1 is 1.06 bits per heavy atom. The highest BCUT2D eigenvalue weighted by atomic mass is 16.2. The molecule has 2 N–H and O–H groups in total. The summed E-state index contributed by atoms with van der Waals surface area (Å²) in [6, 6.07) is 0.355. The largest absolute Gasteiger partial charge is 0.302 e. The van der Waals surface area contributed by atoms with Crippen LogP contribution in [0.5, 0.6) is 0 Å². The highest BCUT2D eigenvalue weighted by molar-refractivity contribution is 6.00. The molecule has 1 spiro atoms. The zero-order valence-electron chi connectivity index (χ0n) is 10.8. The summed E-state index contributed by atoms with van der Waals surface area (Å²) < 4.78 is 0. The Labute approximate surface area is 108 Å². The summed E-state index contributed by atoms with van der Waals surface area (Å²) in [7, 11) is 0. The van der Waals surface area contributed by atoms with Crippen LogP contribution in [0.3, 0.4) is 0 Å². The van der Waals surface area contributed by atoms with Gasteiger partial charge in [-0.25, -0.2) is 0 Å². The van der Waals surface area contributed by atoms with Crippen molar-refractivity contribution >= 4 is 11.8 Å². The van der Waals surface area contributed by atoms with Crippen molar-refractivity contribution in [1.29, 1.82) is 0 Å². The molecule has 0 aromatic rings. The molecule has 0 radical (unpaired) electrons. The van der Waals surface area contributed by atoms with Crippen LogP contribution in [0, 0.1) is 5.41 Å². The van der Waals surface area contributed by atoms with Crippen molar-refractivity contribution in [2.45, 2.75) is 69.9 Å². The Balaban J connectivity index is 1.59. The smallest absolute Gasteiger partial charge is 0.243 e. The van der Waals surface area contributed by atoms with E-state index in [1.165, 1.54) is 44.9 Å². The molecule has 4 heteroatoms. The molecule has 0 bridgehead atoms. The lowest BCUT2D eigenvalue weighted by molar-refractivity contribution is -0.135. The number of nitrogens with one attached hydrogen (secondary N) is 2. The summed E-state index contributed by atoms with van der Waals surface area (Å²) in [5.74, 6) is -0.247. The SMILES string of the molecule is O=C1CCC(NC2CCC23CCCCC3)C(=O)N1. The van der Waals surface area contributed by atoms with Crippen molar-refractivity contribution in [2.24, 2.45) is 5.41 Å². The van der Waals surface area contributed by atoms with Crippen LogP contribution < -0.4 is 10.6 Å². The first-order valence-corrected chi connectivity index (χ1v) is 7.29. The maximum atomic E-state index is 11.8. The topological polar surface area (TPSA) is 58.2 Å². The van der Waals surface area contributed by atoms with Gasteiger partial charge in [-0.3, -0.25) is 14.9 Å². The van der Waals surface area contributed by atoms with Crippen molar-refractivity contribution in [3.8, 4) is 0 Å². The second kappa shape index (κ2) is 4.65. The molecule has 1 aliphatic heterocycles. The first-order chi connectivity index (χ1) is 8.70. The van der Waals surface area contributed by atoms with E-state index < -0.39 is 0 Å². The minimum Gasteiger partial charge on any atom is -0.302 e. The van der Waals surface area contributed by atoms with E-state index in [0.29, 0.717) is 24.3 Å². The second-order valence-electron chi connectivity index (χ2n) is 6.18. The maximum Gasteiger partial charge on any atom is 0.243 e. The number of hydrogen-bond donors (Lipinski definition) is 2. The predicted octanol–water partition coefficient (Wildman–Crippen LogP) is 1.49. The van der Waals surface area contributed by atoms with E-state index in [2.05, 4.69) is 10.6 Å². The van der Waals surface area contributed by atoms with E-state index in [1.807, 2.05) is 0 Å². The van der Waals surface area contributed by atoms with Crippen LogP contribution in [-0.2, 0) is 9.59 Å². The number of imide groups is 1. The lowest BCUT2D eigenvalue weighted by Crippen LogP contribution is -2.61. The number of rotatable bonds is 2. The van der Waals surface area contributed by atoms with Crippen LogP contribution in [0.25, 0.3) is 0 Å². The minimum absolute atomic E-state index is 0.121. The van der Waals surface area contributed by atoms with Gasteiger partial charge in [-0.05, 0) is 37.5 Å². The fourth-order valence-corrected chi connectivity index (χ4v) is 3.91. The Bertz CT molecular complexity index is 361. The summed E-state index contributed by atoms with van der Waals surface area (Å²) in [5, 5.41) is 5.96. The van der Waals surface area contributed by atoms with E-state index in [1.54, 1.807) is 0 Å². The standard InChI is InChI=1S/C14H22N2O2/c17-12-5-4-10(13(18)16-12)15-11-6-9-14(11)7-2-1-3-8-14/h10-11,15H,1-9H2,(H,16,17,18). The third kappa shape index (κ3) is 2.07. The molecule has 2 atom stereocenters. The normalized spacial score (nSPS) is 35.1. The molecule has 2 unspecified atom stereocenters. The molecular weight excluding hydrogens is 228 g/mol. The van der Waals surface area contributed by atoms with Gasteiger partial charge in [-0.1, -0.05) is 19.3 Å². The fourth-order valence-electron chi connectivity index (χ4n) is 3.91. The van der Waals surface area contributed by atoms with Gasteiger partial charge in [0.2, 0.25) is 11.8 Å². The fraction of sp³-hybridized carbons (Fsp3) is 0.857. The molecule has 2 aliphatic carbocycles. The quantitative estimate of drug-likeness (QED) is 0.730. The lowest BCUT2D eigenvalue weighted by atomic mass is 9.57. The van der Waals surface area contributed by atoms with Crippen molar-refractivity contribution in [3.63, 3.8) is 0 Å². The van der Waals surface area contributed by atoms with Gasteiger partial charge in [0.15, 0.2) is 0 Å². The molecule has 0 aromatic heterocycles. The molecule has 0 aromatic carbocycles. The van der Waals surface area contributed by atoms with Gasteiger partial charge in [-0.2, -0.15) is 0 Å². The summed E-state index contributed by atoms with van der Waals surface area (Å²) in [6.45, 7) is 0. The van der Waals surface area contributed by atoms with Crippen molar-refractivity contribution in [2.75, 3.05) is 0 Å². The van der Waals surface area contributed by atoms with E-state index in [9.17, 15) is 9.59 Å². The zero-order valence-corrected chi connectivity index (χ0v) is 10.8. The molecule has 100 valence electrons. The number of amides is 2. The van der Waals surface area contributed by atoms with E-state index in [-0.39, 0.29) is 17.9 Å². The van der Waals surface area contributed by atoms with Crippen LogP contribution in [-0.4, -0.2) is 23.9 Å². The number of carbonyl (C=O) groups is 2. The summed E-state index contributed by atoms with van der Waals surface area (Å²) in [5.41, 5.74) is 0.472. The molecular formula is C14H22N2O2. The van der Waals surface area contributed by atoms with Crippen LogP contribution in [0.15, 0.2) is 0 Å². The molecule has 1 heterocycles. The van der Waals surface area contributed by atoms with Gasteiger partial charge in [-0.15, -0.1) is 0 Å². The van der Waals surface area contributed by atoms with Gasteiger partial charge >= 0.3 is 0 Å². The van der Waals surface area contributed by atoms with Crippen molar-refractivity contribution in [1.82, 2.24) is 10.6 Å². The molecule has 3 fully saturated rings. The average Bonchev–Trinajstić information content (AvgIpc) is 2.37. The molecule has 2 saturated carbocycles. The van der Waals surface area contributed by atoms with Crippen LogP contribution in [0.2, 0.25) is 0 Å². The Morgan fingerprint density at radius 3 is 2.44 bits per heavy atom. The average molecular weight is 250 g/mol. The van der Waals surface area contributed by atoms with Gasteiger partial charge in [0.1, 0.15) is 0 Å². The third-order valence-corrected chi connectivity index (χ3v) is 5.16. The Morgan fingerprint density at radius 2 is 1.83 bits per heavy atom. The van der Waals surface area contributed by atoms with E-state index in [4.69, 9.17) is 0 Å². The predicted molar refractivity (Wildman–Crippen MR) is 67.8 cm³/mol. The molecule has 2 amide bonds. The van der Waals surface area contributed by atoms with E-state index in [0.717, 1.165) is 0 Å². The summed E-state index contributed by atoms with van der Waals surface area (Å²) in [4.78, 5) is 22.9. The van der Waals surface area contributed by atoms with Crippen LogP contribution in [0.1, 0.15) is 57.8 Å². The Hall–Kier alpha value is -0.900. The lowest BCUT2D eigenvalue weighted by Gasteiger charge is -2.53. The molecule has 3 aliphatic rings. The van der Waals surface area contributed by atoms with Gasteiger partial charge < -0.3 is 5.32 Å². The monoisotopic (exact) mass is 250 g/mol. The zero-order chi connectivity index (χ0) is 12.6. The van der Waals surface area contributed by atoms with Gasteiger partial charge in [0.05, 0.1) is 6.04 Å². The number of hydrogen-bond acceptors (Lipinski definition) is 3. The minimum atomic E-state index is -0.146. The van der Waals surface area contributed by atoms with Gasteiger partial charge in [0.25, 0.3) is 0 Å². The van der Waals surface area contributed by atoms with Crippen LogP contribution in [0.4, 0.5) is 0 Å².